The zero-order valence-electron chi connectivity index (χ0n) is 12.4. The van der Waals surface area contributed by atoms with Gasteiger partial charge in [0.2, 0.25) is 0 Å². The molecule has 3 heteroatoms. The molecule has 0 aliphatic heterocycles. The standard InChI is InChI=1S/C16H26N2S/c1-10-12(3)19-16(18-10)6-7-17-11(2)15-9-13-4-5-14(15)8-13/h11,13-15,17H,4-9H2,1-3H3. The largest absolute Gasteiger partial charge is 0.314 e. The van der Waals surface area contributed by atoms with Crippen LogP contribution in [0.3, 0.4) is 0 Å². The third-order valence-corrected chi connectivity index (χ3v) is 6.45. The van der Waals surface area contributed by atoms with Gasteiger partial charge in [-0.3, -0.25) is 0 Å². The summed E-state index contributed by atoms with van der Waals surface area (Å²) in [5.74, 6) is 3.03. The van der Waals surface area contributed by atoms with E-state index in [1.165, 1.54) is 41.3 Å². The van der Waals surface area contributed by atoms with Crippen molar-refractivity contribution in [2.24, 2.45) is 17.8 Å². The summed E-state index contributed by atoms with van der Waals surface area (Å²) >= 11 is 1.86. The van der Waals surface area contributed by atoms with Crippen molar-refractivity contribution in [3.8, 4) is 0 Å². The molecule has 1 aromatic rings. The van der Waals surface area contributed by atoms with Crippen molar-refractivity contribution in [2.45, 2.75) is 58.9 Å². The topological polar surface area (TPSA) is 24.9 Å². The summed E-state index contributed by atoms with van der Waals surface area (Å²) in [6.45, 7) is 7.76. The van der Waals surface area contributed by atoms with Gasteiger partial charge in [-0.1, -0.05) is 6.42 Å². The molecule has 2 aliphatic rings. The number of fused-ring (bicyclic) bond motifs is 2. The van der Waals surface area contributed by atoms with Crippen molar-refractivity contribution in [3.05, 3.63) is 15.6 Å². The van der Waals surface area contributed by atoms with E-state index < -0.39 is 0 Å². The first-order valence-electron chi connectivity index (χ1n) is 7.79. The van der Waals surface area contributed by atoms with Crippen molar-refractivity contribution in [2.75, 3.05) is 6.54 Å². The molecule has 1 aromatic heterocycles. The van der Waals surface area contributed by atoms with Gasteiger partial charge in [0.25, 0.3) is 0 Å². The highest BCUT2D eigenvalue weighted by Gasteiger charge is 2.41. The quantitative estimate of drug-likeness (QED) is 0.888. The zero-order valence-corrected chi connectivity index (χ0v) is 13.2. The predicted molar refractivity (Wildman–Crippen MR) is 81.7 cm³/mol. The number of hydrogen-bond acceptors (Lipinski definition) is 3. The van der Waals surface area contributed by atoms with E-state index in [0.29, 0.717) is 6.04 Å². The third-order valence-electron chi connectivity index (χ3n) is 5.31. The first kappa shape index (κ1) is 13.6. The summed E-state index contributed by atoms with van der Waals surface area (Å²) in [5, 5.41) is 5.05. The maximum Gasteiger partial charge on any atom is 0.0943 e. The molecule has 2 fully saturated rings. The van der Waals surface area contributed by atoms with E-state index in [9.17, 15) is 0 Å². The lowest BCUT2D eigenvalue weighted by Crippen LogP contribution is -2.37. The van der Waals surface area contributed by atoms with Gasteiger partial charge >= 0.3 is 0 Å². The molecule has 0 spiro atoms. The number of aromatic nitrogens is 1. The Morgan fingerprint density at radius 3 is 2.74 bits per heavy atom. The van der Waals surface area contributed by atoms with E-state index >= 15 is 0 Å². The molecule has 2 bridgehead atoms. The van der Waals surface area contributed by atoms with Crippen LogP contribution in [-0.4, -0.2) is 17.6 Å². The average Bonchev–Trinajstić information content (AvgIpc) is 3.06. The Labute approximate surface area is 121 Å². The summed E-state index contributed by atoms with van der Waals surface area (Å²) in [7, 11) is 0. The Balaban J connectivity index is 1.45. The van der Waals surface area contributed by atoms with Crippen LogP contribution in [-0.2, 0) is 6.42 Å². The lowest BCUT2D eigenvalue weighted by atomic mass is 9.84. The molecule has 0 amide bonds. The maximum absolute atomic E-state index is 4.62. The number of aryl methyl sites for hydroxylation is 2. The second-order valence-electron chi connectivity index (χ2n) is 6.58. The van der Waals surface area contributed by atoms with Crippen LogP contribution in [0.2, 0.25) is 0 Å². The highest BCUT2D eigenvalue weighted by Crippen LogP contribution is 2.49. The number of thiazole rings is 1. The minimum Gasteiger partial charge on any atom is -0.314 e. The van der Waals surface area contributed by atoms with Gasteiger partial charge in [0.15, 0.2) is 0 Å². The van der Waals surface area contributed by atoms with Crippen molar-refractivity contribution >= 4 is 11.3 Å². The minimum absolute atomic E-state index is 0.692. The fraction of sp³-hybridized carbons (Fsp3) is 0.812. The molecular formula is C16H26N2S. The molecule has 0 saturated heterocycles. The van der Waals surface area contributed by atoms with E-state index in [2.05, 4.69) is 31.1 Å². The molecule has 19 heavy (non-hydrogen) atoms. The SMILES string of the molecule is Cc1nc(CCNC(C)C2CC3CCC2C3)sc1C. The normalized spacial score (nSPS) is 31.0. The number of hydrogen-bond donors (Lipinski definition) is 1. The van der Waals surface area contributed by atoms with Crippen molar-refractivity contribution in [3.63, 3.8) is 0 Å². The fourth-order valence-electron chi connectivity index (χ4n) is 4.11. The molecule has 3 rings (SSSR count). The average molecular weight is 278 g/mol. The molecule has 0 aromatic carbocycles. The molecule has 4 unspecified atom stereocenters. The van der Waals surface area contributed by atoms with E-state index in [-0.39, 0.29) is 0 Å². The van der Waals surface area contributed by atoms with Gasteiger partial charge in [0.1, 0.15) is 0 Å². The van der Waals surface area contributed by atoms with Gasteiger partial charge in [-0.25, -0.2) is 4.98 Å². The third kappa shape index (κ3) is 2.87. The van der Waals surface area contributed by atoms with Crippen LogP contribution >= 0.6 is 11.3 Å². The van der Waals surface area contributed by atoms with Crippen LogP contribution in [0.25, 0.3) is 0 Å². The number of nitrogens with zero attached hydrogens (tertiary/aromatic N) is 1. The number of nitrogens with one attached hydrogen (secondary N) is 1. The molecular weight excluding hydrogens is 252 g/mol. The Morgan fingerprint density at radius 2 is 2.16 bits per heavy atom. The Hall–Kier alpha value is -0.410. The minimum atomic E-state index is 0.692. The van der Waals surface area contributed by atoms with Crippen LogP contribution in [0.5, 0.6) is 0 Å². The predicted octanol–water partition coefficient (Wildman–Crippen LogP) is 3.72. The maximum atomic E-state index is 4.62. The van der Waals surface area contributed by atoms with Crippen LogP contribution in [0.15, 0.2) is 0 Å². The van der Waals surface area contributed by atoms with E-state index in [1.807, 2.05) is 11.3 Å². The zero-order chi connectivity index (χ0) is 13.4. The van der Waals surface area contributed by atoms with Gasteiger partial charge in [-0.2, -0.15) is 0 Å². The summed E-state index contributed by atoms with van der Waals surface area (Å²) in [6, 6.07) is 0.692. The van der Waals surface area contributed by atoms with Gasteiger partial charge < -0.3 is 5.32 Å². The molecule has 0 radical (unpaired) electrons. The summed E-state index contributed by atoms with van der Waals surface area (Å²) in [6.07, 6.45) is 7.08. The van der Waals surface area contributed by atoms with Gasteiger partial charge in [-0.05, 0) is 57.8 Å². The lowest BCUT2D eigenvalue weighted by molar-refractivity contribution is 0.261. The number of rotatable bonds is 5. The summed E-state index contributed by atoms with van der Waals surface area (Å²) < 4.78 is 0. The van der Waals surface area contributed by atoms with Crippen LogP contribution < -0.4 is 5.32 Å². The monoisotopic (exact) mass is 278 g/mol. The molecule has 2 aliphatic carbocycles. The summed E-state index contributed by atoms with van der Waals surface area (Å²) in [4.78, 5) is 5.99. The first-order chi connectivity index (χ1) is 9.13. The highest BCUT2D eigenvalue weighted by molar-refractivity contribution is 7.11. The lowest BCUT2D eigenvalue weighted by Gasteiger charge is -2.28. The Kier molecular flexibility index (Phi) is 3.95. The molecule has 2 nitrogen and oxygen atoms in total. The Bertz CT molecular complexity index is 420. The fourth-order valence-corrected chi connectivity index (χ4v) is 5.04. The van der Waals surface area contributed by atoms with E-state index in [4.69, 9.17) is 0 Å². The van der Waals surface area contributed by atoms with E-state index in [0.717, 1.165) is 30.7 Å². The first-order valence-corrected chi connectivity index (χ1v) is 8.61. The van der Waals surface area contributed by atoms with Crippen LogP contribution in [0.1, 0.15) is 48.2 Å². The molecule has 1 N–H and O–H groups in total. The van der Waals surface area contributed by atoms with Crippen LogP contribution in [0.4, 0.5) is 0 Å². The van der Waals surface area contributed by atoms with Gasteiger partial charge in [0.05, 0.1) is 10.7 Å². The second kappa shape index (κ2) is 5.53. The van der Waals surface area contributed by atoms with Crippen molar-refractivity contribution < 1.29 is 0 Å². The molecule has 2 saturated carbocycles. The smallest absolute Gasteiger partial charge is 0.0943 e. The Morgan fingerprint density at radius 1 is 1.32 bits per heavy atom. The second-order valence-corrected chi connectivity index (χ2v) is 7.87. The van der Waals surface area contributed by atoms with Crippen LogP contribution in [0, 0.1) is 31.6 Å². The molecule has 1 heterocycles. The van der Waals surface area contributed by atoms with Crippen molar-refractivity contribution in [1.82, 2.24) is 10.3 Å². The van der Waals surface area contributed by atoms with E-state index in [1.54, 1.807) is 0 Å². The highest BCUT2D eigenvalue weighted by atomic mass is 32.1. The van der Waals surface area contributed by atoms with Gasteiger partial charge in [-0.15, -0.1) is 11.3 Å². The van der Waals surface area contributed by atoms with Gasteiger partial charge in [0, 0.05) is 23.9 Å². The van der Waals surface area contributed by atoms with Crippen molar-refractivity contribution in [1.29, 1.82) is 0 Å². The molecule has 4 atom stereocenters. The summed E-state index contributed by atoms with van der Waals surface area (Å²) in [5.41, 5.74) is 1.21. The molecule has 106 valence electrons.